The van der Waals surface area contributed by atoms with Crippen LogP contribution in [0.1, 0.15) is 25.8 Å². The predicted octanol–water partition coefficient (Wildman–Crippen LogP) is 5.28. The fraction of sp³-hybridized carbons (Fsp3) is 0.412. The summed E-state index contributed by atoms with van der Waals surface area (Å²) >= 11 is 0. The Labute approximate surface area is 119 Å². The van der Waals surface area contributed by atoms with Gasteiger partial charge >= 0.3 is 0 Å². The maximum Gasteiger partial charge on any atom is 0.184 e. The quantitative estimate of drug-likeness (QED) is 0.507. The molecule has 0 spiro atoms. The van der Waals surface area contributed by atoms with Crippen LogP contribution in [0.15, 0.2) is 48.6 Å². The molecule has 0 aliphatic carbocycles. The summed E-state index contributed by atoms with van der Waals surface area (Å²) in [7, 11) is -1.51. The molecule has 0 N–H and O–H groups in total. The Balaban J connectivity index is 3.08. The smallest absolute Gasteiger partial charge is 0.184 e. The normalized spacial score (nSPS) is 14.8. The highest BCUT2D eigenvalue weighted by Gasteiger charge is 2.20. The van der Waals surface area contributed by atoms with Gasteiger partial charge in [-0.3, -0.25) is 0 Å². The van der Waals surface area contributed by atoms with E-state index in [9.17, 15) is 0 Å². The van der Waals surface area contributed by atoms with Crippen LogP contribution in [0.3, 0.4) is 0 Å². The van der Waals surface area contributed by atoms with E-state index in [4.69, 9.17) is 4.43 Å². The van der Waals surface area contributed by atoms with E-state index in [0.717, 1.165) is 6.42 Å². The summed E-state index contributed by atoms with van der Waals surface area (Å²) in [6, 6.07) is 10.5. The van der Waals surface area contributed by atoms with Crippen molar-refractivity contribution >= 4 is 13.9 Å². The fourth-order valence-electron chi connectivity index (χ4n) is 2.15. The molecule has 1 aromatic rings. The maximum atomic E-state index is 6.19. The molecule has 1 nitrogen and oxygen atoms in total. The Morgan fingerprint density at radius 3 is 2.32 bits per heavy atom. The molecule has 2 heteroatoms. The molecule has 0 bridgehead atoms. The first kappa shape index (κ1) is 15.9. The van der Waals surface area contributed by atoms with Gasteiger partial charge in [0.05, 0.1) is 6.10 Å². The summed E-state index contributed by atoms with van der Waals surface area (Å²) < 4.78 is 6.19. The Morgan fingerprint density at radius 2 is 1.84 bits per heavy atom. The average Bonchev–Trinajstić information content (AvgIpc) is 2.34. The number of benzene rings is 1. The molecule has 0 amide bonds. The lowest BCUT2D eigenvalue weighted by atomic mass is 9.95. The fourth-order valence-corrected chi connectivity index (χ4v) is 3.39. The van der Waals surface area contributed by atoms with Crippen molar-refractivity contribution in [3.05, 3.63) is 54.1 Å². The summed E-state index contributed by atoms with van der Waals surface area (Å²) in [6.45, 7) is 14.9. The molecule has 0 aliphatic rings. The number of hydrogen-bond donors (Lipinski definition) is 0. The van der Waals surface area contributed by atoms with Crippen LogP contribution in [0.2, 0.25) is 19.6 Å². The van der Waals surface area contributed by atoms with E-state index in [2.05, 4.69) is 64.3 Å². The summed E-state index contributed by atoms with van der Waals surface area (Å²) in [4.78, 5) is 0. The van der Waals surface area contributed by atoms with Crippen molar-refractivity contribution in [3.63, 3.8) is 0 Å². The molecule has 0 heterocycles. The summed E-state index contributed by atoms with van der Waals surface area (Å²) in [6.07, 6.45) is 3.02. The van der Waals surface area contributed by atoms with Crippen LogP contribution in [0.4, 0.5) is 0 Å². The molecule has 0 aliphatic heterocycles. The maximum absolute atomic E-state index is 6.19. The van der Waals surface area contributed by atoms with Crippen LogP contribution in [0.5, 0.6) is 0 Å². The second-order valence-corrected chi connectivity index (χ2v) is 10.4. The van der Waals surface area contributed by atoms with Gasteiger partial charge in [0.1, 0.15) is 0 Å². The minimum absolute atomic E-state index is 0.168. The molecular formula is C17H26OSi. The summed E-state index contributed by atoms with van der Waals surface area (Å²) in [5, 5.41) is 0. The molecule has 0 radical (unpaired) electrons. The standard InChI is InChI=1S/C17H26OSi/c1-7-11-17(16-12-9-8-10-13-16)14(2)15(3)18-19(4,5)6/h7-10,12-13,15H,1,11H2,2-6H3/b17-14+. The number of hydrogen-bond acceptors (Lipinski definition) is 1. The first-order chi connectivity index (χ1) is 8.85. The van der Waals surface area contributed by atoms with E-state index in [1.165, 1.54) is 16.7 Å². The zero-order valence-corrected chi connectivity index (χ0v) is 13.9. The first-order valence-electron chi connectivity index (χ1n) is 6.89. The van der Waals surface area contributed by atoms with Gasteiger partial charge in [0, 0.05) is 0 Å². The van der Waals surface area contributed by atoms with Crippen molar-refractivity contribution in [2.75, 3.05) is 0 Å². The van der Waals surface area contributed by atoms with Gasteiger partial charge in [0.25, 0.3) is 0 Å². The van der Waals surface area contributed by atoms with E-state index in [-0.39, 0.29) is 6.10 Å². The van der Waals surface area contributed by atoms with E-state index in [0.29, 0.717) is 0 Å². The zero-order chi connectivity index (χ0) is 14.5. The SMILES string of the molecule is C=CC/C(=C(/C)C(C)O[Si](C)(C)C)c1ccccc1. The van der Waals surface area contributed by atoms with Gasteiger partial charge in [-0.25, -0.2) is 0 Å². The second kappa shape index (κ2) is 6.87. The molecule has 1 rings (SSSR count). The van der Waals surface area contributed by atoms with Crippen LogP contribution in [-0.2, 0) is 4.43 Å². The lowest BCUT2D eigenvalue weighted by Gasteiger charge is -2.26. The molecule has 104 valence electrons. The third-order valence-corrected chi connectivity index (χ3v) is 4.15. The lowest BCUT2D eigenvalue weighted by molar-refractivity contribution is 0.251. The Hall–Kier alpha value is -1.12. The summed E-state index contributed by atoms with van der Waals surface area (Å²) in [5.74, 6) is 0. The minimum atomic E-state index is -1.51. The van der Waals surface area contributed by atoms with Gasteiger partial charge in [0.2, 0.25) is 0 Å². The Morgan fingerprint density at radius 1 is 1.26 bits per heavy atom. The molecule has 0 saturated carbocycles. The Bertz CT molecular complexity index is 440. The van der Waals surface area contributed by atoms with Crippen LogP contribution in [0.25, 0.3) is 5.57 Å². The Kier molecular flexibility index (Phi) is 5.76. The van der Waals surface area contributed by atoms with Crippen LogP contribution >= 0.6 is 0 Å². The molecular weight excluding hydrogens is 248 g/mol. The van der Waals surface area contributed by atoms with Crippen molar-refractivity contribution in [2.24, 2.45) is 0 Å². The van der Waals surface area contributed by atoms with E-state index in [1.54, 1.807) is 0 Å². The highest BCUT2D eigenvalue weighted by Crippen LogP contribution is 2.26. The molecule has 0 aromatic heterocycles. The summed E-state index contributed by atoms with van der Waals surface area (Å²) in [5.41, 5.74) is 3.92. The van der Waals surface area contributed by atoms with Crippen LogP contribution in [0, 0.1) is 0 Å². The third-order valence-electron chi connectivity index (χ3n) is 3.09. The molecule has 1 atom stereocenters. The van der Waals surface area contributed by atoms with Gasteiger partial charge in [-0.2, -0.15) is 0 Å². The van der Waals surface area contributed by atoms with Crippen molar-refractivity contribution in [1.29, 1.82) is 0 Å². The van der Waals surface area contributed by atoms with Crippen molar-refractivity contribution < 1.29 is 4.43 Å². The van der Waals surface area contributed by atoms with Gasteiger partial charge < -0.3 is 4.43 Å². The molecule has 1 aromatic carbocycles. The third kappa shape index (κ3) is 5.17. The minimum Gasteiger partial charge on any atom is -0.411 e. The van der Waals surface area contributed by atoms with Crippen molar-refractivity contribution in [3.8, 4) is 0 Å². The topological polar surface area (TPSA) is 9.23 Å². The van der Waals surface area contributed by atoms with Crippen LogP contribution in [-0.4, -0.2) is 14.4 Å². The van der Waals surface area contributed by atoms with Gasteiger partial charge in [0.15, 0.2) is 8.32 Å². The van der Waals surface area contributed by atoms with Gasteiger partial charge in [-0.05, 0) is 56.6 Å². The zero-order valence-electron chi connectivity index (χ0n) is 12.9. The van der Waals surface area contributed by atoms with Gasteiger partial charge in [-0.1, -0.05) is 36.4 Å². The van der Waals surface area contributed by atoms with Crippen LogP contribution < -0.4 is 0 Å². The van der Waals surface area contributed by atoms with E-state index in [1.807, 2.05) is 12.1 Å². The van der Waals surface area contributed by atoms with E-state index < -0.39 is 8.32 Å². The molecule has 19 heavy (non-hydrogen) atoms. The molecule has 0 fully saturated rings. The number of allylic oxidation sites excluding steroid dienone is 2. The van der Waals surface area contributed by atoms with Crippen molar-refractivity contribution in [1.82, 2.24) is 0 Å². The lowest BCUT2D eigenvalue weighted by Crippen LogP contribution is -2.31. The first-order valence-corrected chi connectivity index (χ1v) is 10.3. The average molecular weight is 274 g/mol. The van der Waals surface area contributed by atoms with Gasteiger partial charge in [-0.15, -0.1) is 6.58 Å². The highest BCUT2D eigenvalue weighted by atomic mass is 28.4. The largest absolute Gasteiger partial charge is 0.411 e. The van der Waals surface area contributed by atoms with Crippen molar-refractivity contribution in [2.45, 2.75) is 46.0 Å². The monoisotopic (exact) mass is 274 g/mol. The second-order valence-electron chi connectivity index (χ2n) is 5.89. The number of rotatable bonds is 6. The van der Waals surface area contributed by atoms with E-state index >= 15 is 0 Å². The predicted molar refractivity (Wildman–Crippen MR) is 87.7 cm³/mol. The molecule has 1 unspecified atom stereocenters. The highest BCUT2D eigenvalue weighted by molar-refractivity contribution is 6.69. The molecule has 0 saturated heterocycles.